The molecule has 3 heteroatoms. The SMILES string of the molecule is Cc1cc(C)c(-c2cn3cccc(Br)c3n2)c(C)c1. The number of hydrogen-bond acceptors (Lipinski definition) is 1. The fourth-order valence-corrected chi connectivity index (χ4v) is 3.13. The largest absolute Gasteiger partial charge is 0.306 e. The summed E-state index contributed by atoms with van der Waals surface area (Å²) in [6.45, 7) is 6.42. The molecule has 0 amide bonds. The van der Waals surface area contributed by atoms with E-state index in [9.17, 15) is 0 Å². The molecular formula is C16H15BrN2. The molecule has 96 valence electrons. The van der Waals surface area contributed by atoms with Crippen molar-refractivity contribution in [2.24, 2.45) is 0 Å². The zero-order valence-corrected chi connectivity index (χ0v) is 12.8. The molecule has 0 spiro atoms. The Hall–Kier alpha value is -1.61. The van der Waals surface area contributed by atoms with Gasteiger partial charge < -0.3 is 4.40 Å². The Morgan fingerprint density at radius 2 is 1.79 bits per heavy atom. The van der Waals surface area contributed by atoms with Crippen LogP contribution in [0.15, 0.2) is 41.1 Å². The third kappa shape index (κ3) is 2.08. The van der Waals surface area contributed by atoms with Crippen LogP contribution in [0, 0.1) is 20.8 Å². The smallest absolute Gasteiger partial charge is 0.151 e. The molecular weight excluding hydrogens is 300 g/mol. The number of halogens is 1. The van der Waals surface area contributed by atoms with Crippen LogP contribution in [-0.2, 0) is 0 Å². The molecule has 2 heterocycles. The van der Waals surface area contributed by atoms with E-state index in [4.69, 9.17) is 4.98 Å². The van der Waals surface area contributed by atoms with Gasteiger partial charge in [0.25, 0.3) is 0 Å². The molecule has 0 radical (unpaired) electrons. The molecule has 3 rings (SSSR count). The first-order valence-electron chi connectivity index (χ1n) is 6.27. The van der Waals surface area contributed by atoms with Gasteiger partial charge in [-0.25, -0.2) is 4.98 Å². The lowest BCUT2D eigenvalue weighted by atomic mass is 9.98. The number of aromatic nitrogens is 2. The molecule has 0 aliphatic rings. The minimum atomic E-state index is 0.955. The molecule has 2 aromatic heterocycles. The van der Waals surface area contributed by atoms with Gasteiger partial charge in [-0.2, -0.15) is 0 Å². The topological polar surface area (TPSA) is 17.3 Å². The number of benzene rings is 1. The molecule has 3 aromatic rings. The summed E-state index contributed by atoms with van der Waals surface area (Å²) in [7, 11) is 0. The summed E-state index contributed by atoms with van der Waals surface area (Å²) in [5.41, 5.74) is 7.07. The number of nitrogens with zero attached hydrogens (tertiary/aromatic N) is 2. The minimum absolute atomic E-state index is 0.955. The van der Waals surface area contributed by atoms with Crippen molar-refractivity contribution >= 4 is 21.6 Å². The van der Waals surface area contributed by atoms with E-state index in [1.807, 2.05) is 18.3 Å². The molecule has 0 atom stereocenters. The molecule has 0 bridgehead atoms. The van der Waals surface area contributed by atoms with Crippen molar-refractivity contribution in [1.82, 2.24) is 9.38 Å². The zero-order chi connectivity index (χ0) is 13.6. The standard InChI is InChI=1S/C16H15BrN2/c1-10-7-11(2)15(12(3)8-10)14-9-19-6-4-5-13(17)16(19)18-14/h4-9H,1-3H3. The summed E-state index contributed by atoms with van der Waals surface area (Å²) in [6, 6.07) is 8.45. The fraction of sp³-hybridized carbons (Fsp3) is 0.188. The van der Waals surface area contributed by atoms with Gasteiger partial charge in [-0.1, -0.05) is 17.7 Å². The van der Waals surface area contributed by atoms with E-state index < -0.39 is 0 Å². The highest BCUT2D eigenvalue weighted by Crippen LogP contribution is 2.29. The Labute approximate surface area is 121 Å². The van der Waals surface area contributed by atoms with Crippen LogP contribution < -0.4 is 0 Å². The Morgan fingerprint density at radius 1 is 1.11 bits per heavy atom. The second-order valence-corrected chi connectivity index (χ2v) is 5.84. The van der Waals surface area contributed by atoms with E-state index >= 15 is 0 Å². The van der Waals surface area contributed by atoms with E-state index in [1.54, 1.807) is 0 Å². The van der Waals surface area contributed by atoms with Gasteiger partial charge in [-0.05, 0) is 60.0 Å². The highest BCUT2D eigenvalue weighted by atomic mass is 79.9. The average Bonchev–Trinajstić information content (AvgIpc) is 2.72. The molecule has 0 unspecified atom stereocenters. The van der Waals surface area contributed by atoms with Crippen molar-refractivity contribution in [1.29, 1.82) is 0 Å². The van der Waals surface area contributed by atoms with Gasteiger partial charge in [-0.15, -0.1) is 0 Å². The summed E-state index contributed by atoms with van der Waals surface area (Å²) in [5.74, 6) is 0. The number of fused-ring (bicyclic) bond motifs is 1. The number of aryl methyl sites for hydroxylation is 3. The van der Waals surface area contributed by atoms with E-state index in [0.29, 0.717) is 0 Å². The quantitative estimate of drug-likeness (QED) is 0.637. The van der Waals surface area contributed by atoms with Crippen molar-refractivity contribution < 1.29 is 0 Å². The van der Waals surface area contributed by atoms with Crippen LogP contribution in [0.4, 0.5) is 0 Å². The van der Waals surface area contributed by atoms with Crippen LogP contribution in [0.5, 0.6) is 0 Å². The summed E-state index contributed by atoms with van der Waals surface area (Å²) in [6.07, 6.45) is 4.11. The molecule has 0 fully saturated rings. The normalized spacial score (nSPS) is 11.2. The monoisotopic (exact) mass is 314 g/mol. The Balaban J connectivity index is 2.28. The molecule has 0 N–H and O–H groups in total. The number of pyridine rings is 1. The van der Waals surface area contributed by atoms with Crippen molar-refractivity contribution in [3.63, 3.8) is 0 Å². The van der Waals surface area contributed by atoms with E-state index in [-0.39, 0.29) is 0 Å². The lowest BCUT2D eigenvalue weighted by molar-refractivity contribution is 1.18. The van der Waals surface area contributed by atoms with Gasteiger partial charge >= 0.3 is 0 Å². The summed E-state index contributed by atoms with van der Waals surface area (Å²) in [5, 5.41) is 0. The van der Waals surface area contributed by atoms with Gasteiger partial charge in [0.15, 0.2) is 5.65 Å². The van der Waals surface area contributed by atoms with E-state index in [1.165, 1.54) is 22.3 Å². The van der Waals surface area contributed by atoms with Crippen LogP contribution in [0.25, 0.3) is 16.9 Å². The first-order valence-corrected chi connectivity index (χ1v) is 7.07. The maximum absolute atomic E-state index is 4.75. The maximum Gasteiger partial charge on any atom is 0.151 e. The second kappa shape index (κ2) is 4.49. The third-order valence-electron chi connectivity index (χ3n) is 3.37. The van der Waals surface area contributed by atoms with Gasteiger partial charge in [0.1, 0.15) is 0 Å². The molecule has 0 aliphatic heterocycles. The van der Waals surface area contributed by atoms with E-state index in [0.717, 1.165) is 15.8 Å². The highest BCUT2D eigenvalue weighted by Gasteiger charge is 2.11. The average molecular weight is 315 g/mol. The number of hydrogen-bond donors (Lipinski definition) is 0. The summed E-state index contributed by atoms with van der Waals surface area (Å²) >= 11 is 3.55. The first-order chi connectivity index (χ1) is 9.06. The van der Waals surface area contributed by atoms with Crippen molar-refractivity contribution in [2.75, 3.05) is 0 Å². The highest BCUT2D eigenvalue weighted by molar-refractivity contribution is 9.10. The molecule has 1 aromatic carbocycles. The predicted octanol–water partition coefficient (Wildman–Crippen LogP) is 4.69. The summed E-state index contributed by atoms with van der Waals surface area (Å²) in [4.78, 5) is 4.75. The van der Waals surface area contributed by atoms with Gasteiger partial charge in [0.2, 0.25) is 0 Å². The van der Waals surface area contributed by atoms with Gasteiger partial charge in [0, 0.05) is 18.0 Å². The van der Waals surface area contributed by atoms with Crippen molar-refractivity contribution in [3.05, 3.63) is 57.8 Å². The van der Waals surface area contributed by atoms with Crippen LogP contribution in [0.1, 0.15) is 16.7 Å². The Morgan fingerprint density at radius 3 is 2.42 bits per heavy atom. The van der Waals surface area contributed by atoms with Crippen molar-refractivity contribution in [2.45, 2.75) is 20.8 Å². The molecule has 0 saturated carbocycles. The van der Waals surface area contributed by atoms with Crippen LogP contribution in [0.3, 0.4) is 0 Å². The van der Waals surface area contributed by atoms with Gasteiger partial charge in [0.05, 0.1) is 10.2 Å². The van der Waals surface area contributed by atoms with Crippen LogP contribution in [0.2, 0.25) is 0 Å². The number of rotatable bonds is 1. The Kier molecular flexibility index (Phi) is 2.94. The fourth-order valence-electron chi connectivity index (χ4n) is 2.68. The predicted molar refractivity (Wildman–Crippen MR) is 82.5 cm³/mol. The maximum atomic E-state index is 4.75. The van der Waals surface area contributed by atoms with Gasteiger partial charge in [-0.3, -0.25) is 0 Å². The van der Waals surface area contributed by atoms with Crippen LogP contribution >= 0.6 is 15.9 Å². The minimum Gasteiger partial charge on any atom is -0.306 e. The molecule has 19 heavy (non-hydrogen) atoms. The zero-order valence-electron chi connectivity index (χ0n) is 11.2. The lowest BCUT2D eigenvalue weighted by Gasteiger charge is -2.08. The molecule has 2 nitrogen and oxygen atoms in total. The molecule has 0 aliphatic carbocycles. The third-order valence-corrected chi connectivity index (χ3v) is 3.99. The Bertz CT molecular complexity index is 749. The lowest BCUT2D eigenvalue weighted by Crippen LogP contribution is -1.90. The first kappa shape index (κ1) is 12.4. The second-order valence-electron chi connectivity index (χ2n) is 4.99. The van der Waals surface area contributed by atoms with Crippen LogP contribution in [-0.4, -0.2) is 9.38 Å². The molecule has 0 saturated heterocycles. The van der Waals surface area contributed by atoms with Crippen molar-refractivity contribution in [3.8, 4) is 11.3 Å². The summed E-state index contributed by atoms with van der Waals surface area (Å²) < 4.78 is 3.07. The van der Waals surface area contributed by atoms with E-state index in [2.05, 4.69) is 59.4 Å². The number of imidazole rings is 1.